The second-order valence-corrected chi connectivity index (χ2v) is 5.89. The number of thiophene rings is 2. The molecule has 2 aromatic heterocycles. The highest BCUT2D eigenvalue weighted by atomic mass is 32.1. The first-order valence-electron chi connectivity index (χ1n) is 5.55. The molecule has 0 spiro atoms. The van der Waals surface area contributed by atoms with E-state index in [0.717, 1.165) is 6.42 Å². The van der Waals surface area contributed by atoms with Gasteiger partial charge < -0.3 is 5.32 Å². The lowest BCUT2D eigenvalue weighted by atomic mass is 10.0. The van der Waals surface area contributed by atoms with Gasteiger partial charge in [-0.3, -0.25) is 0 Å². The maximum atomic E-state index is 3.44. The van der Waals surface area contributed by atoms with Gasteiger partial charge in [0, 0.05) is 9.75 Å². The van der Waals surface area contributed by atoms with Crippen molar-refractivity contribution in [3.63, 3.8) is 0 Å². The highest BCUT2D eigenvalue weighted by molar-refractivity contribution is 7.10. The van der Waals surface area contributed by atoms with Crippen molar-refractivity contribution in [2.45, 2.75) is 26.3 Å². The van der Waals surface area contributed by atoms with Gasteiger partial charge in [0.2, 0.25) is 0 Å². The van der Waals surface area contributed by atoms with Crippen molar-refractivity contribution < 1.29 is 0 Å². The van der Waals surface area contributed by atoms with E-state index in [9.17, 15) is 0 Å². The maximum Gasteiger partial charge on any atom is 0.0682 e. The molecule has 1 N–H and O–H groups in total. The Labute approximate surface area is 105 Å². The summed E-state index contributed by atoms with van der Waals surface area (Å²) < 4.78 is 0. The number of hydrogen-bond acceptors (Lipinski definition) is 3. The first-order valence-corrected chi connectivity index (χ1v) is 7.31. The van der Waals surface area contributed by atoms with Crippen molar-refractivity contribution in [2.75, 3.05) is 7.05 Å². The average Bonchev–Trinajstić information content (AvgIpc) is 2.90. The van der Waals surface area contributed by atoms with Crippen LogP contribution in [0.2, 0.25) is 0 Å². The van der Waals surface area contributed by atoms with E-state index in [2.05, 4.69) is 42.1 Å². The van der Waals surface area contributed by atoms with Crippen molar-refractivity contribution in [2.24, 2.45) is 0 Å². The van der Waals surface area contributed by atoms with Crippen LogP contribution in [0.4, 0.5) is 0 Å². The van der Waals surface area contributed by atoms with Gasteiger partial charge in [0.1, 0.15) is 0 Å². The van der Waals surface area contributed by atoms with Gasteiger partial charge >= 0.3 is 0 Å². The van der Waals surface area contributed by atoms with Crippen LogP contribution >= 0.6 is 22.7 Å². The van der Waals surface area contributed by atoms with E-state index >= 15 is 0 Å². The Hall–Kier alpha value is -0.640. The molecule has 0 saturated carbocycles. The molecule has 3 heteroatoms. The summed E-state index contributed by atoms with van der Waals surface area (Å²) in [4.78, 5) is 2.88. The summed E-state index contributed by atoms with van der Waals surface area (Å²) in [6.07, 6.45) is 1.11. The molecule has 16 heavy (non-hydrogen) atoms. The first-order chi connectivity index (χ1) is 7.77. The van der Waals surface area contributed by atoms with E-state index in [0.29, 0.717) is 6.04 Å². The van der Waals surface area contributed by atoms with Crippen LogP contribution in [0.25, 0.3) is 0 Å². The van der Waals surface area contributed by atoms with E-state index in [1.165, 1.54) is 20.9 Å². The number of hydrogen-bond donors (Lipinski definition) is 1. The van der Waals surface area contributed by atoms with E-state index in [1.54, 1.807) is 0 Å². The molecule has 0 aliphatic carbocycles. The molecular formula is C13H17NS2. The fourth-order valence-electron chi connectivity index (χ4n) is 2.01. The van der Waals surface area contributed by atoms with E-state index in [-0.39, 0.29) is 0 Å². The van der Waals surface area contributed by atoms with E-state index in [4.69, 9.17) is 0 Å². The van der Waals surface area contributed by atoms with Gasteiger partial charge in [-0.2, -0.15) is 0 Å². The molecule has 2 aromatic rings. The normalized spacial score (nSPS) is 12.9. The zero-order chi connectivity index (χ0) is 11.5. The minimum absolute atomic E-state index is 0.362. The zero-order valence-corrected chi connectivity index (χ0v) is 11.5. The molecule has 2 heterocycles. The van der Waals surface area contributed by atoms with Crippen LogP contribution in [-0.2, 0) is 6.42 Å². The maximum absolute atomic E-state index is 3.44. The third-order valence-electron chi connectivity index (χ3n) is 2.92. The van der Waals surface area contributed by atoms with Crippen molar-refractivity contribution in [3.8, 4) is 0 Å². The summed E-state index contributed by atoms with van der Waals surface area (Å²) in [7, 11) is 2.04. The summed E-state index contributed by atoms with van der Waals surface area (Å²) >= 11 is 3.68. The van der Waals surface area contributed by atoms with Crippen molar-refractivity contribution in [3.05, 3.63) is 43.8 Å². The minimum atomic E-state index is 0.362. The van der Waals surface area contributed by atoms with E-state index < -0.39 is 0 Å². The summed E-state index contributed by atoms with van der Waals surface area (Å²) in [6, 6.07) is 4.84. The lowest BCUT2D eigenvalue weighted by molar-refractivity contribution is 0.696. The summed E-state index contributed by atoms with van der Waals surface area (Å²) in [6.45, 7) is 4.42. The van der Waals surface area contributed by atoms with Gasteiger partial charge in [-0.1, -0.05) is 6.92 Å². The van der Waals surface area contributed by atoms with Crippen LogP contribution in [0, 0.1) is 6.92 Å². The second-order valence-electron chi connectivity index (χ2n) is 3.82. The quantitative estimate of drug-likeness (QED) is 0.866. The Bertz CT molecular complexity index is 456. The third-order valence-corrected chi connectivity index (χ3v) is 4.81. The second kappa shape index (κ2) is 5.13. The lowest BCUT2D eigenvalue weighted by Crippen LogP contribution is -2.17. The van der Waals surface area contributed by atoms with Gasteiger partial charge in [-0.05, 0) is 54.4 Å². The molecule has 0 saturated heterocycles. The van der Waals surface area contributed by atoms with Gasteiger partial charge in [-0.15, -0.1) is 22.7 Å². The SMILES string of the molecule is CCc1ccsc1C(NC)c1ccsc1C. The molecule has 1 unspecified atom stereocenters. The van der Waals surface area contributed by atoms with Crippen molar-refractivity contribution in [1.82, 2.24) is 5.32 Å². The molecule has 0 bridgehead atoms. The largest absolute Gasteiger partial charge is 0.309 e. The molecule has 0 aliphatic heterocycles. The van der Waals surface area contributed by atoms with Crippen LogP contribution in [0.3, 0.4) is 0 Å². The molecule has 0 fully saturated rings. The fraction of sp³-hybridized carbons (Fsp3) is 0.385. The molecule has 0 amide bonds. The first kappa shape index (κ1) is 11.8. The molecule has 0 radical (unpaired) electrons. The Balaban J connectivity index is 2.40. The Kier molecular flexibility index (Phi) is 3.79. The molecule has 1 atom stereocenters. The van der Waals surface area contributed by atoms with Gasteiger partial charge in [0.25, 0.3) is 0 Å². The highest BCUT2D eigenvalue weighted by Crippen LogP contribution is 2.33. The smallest absolute Gasteiger partial charge is 0.0682 e. The minimum Gasteiger partial charge on any atom is -0.309 e. The Morgan fingerprint density at radius 2 is 2.00 bits per heavy atom. The van der Waals surface area contributed by atoms with Gasteiger partial charge in [0.15, 0.2) is 0 Å². The fourth-order valence-corrected chi connectivity index (χ4v) is 3.88. The summed E-state index contributed by atoms with van der Waals surface area (Å²) in [5.74, 6) is 0. The van der Waals surface area contributed by atoms with Crippen LogP contribution in [0.15, 0.2) is 22.9 Å². The third kappa shape index (κ3) is 2.08. The van der Waals surface area contributed by atoms with Crippen molar-refractivity contribution in [1.29, 1.82) is 0 Å². The Morgan fingerprint density at radius 3 is 2.56 bits per heavy atom. The number of rotatable bonds is 4. The predicted molar refractivity (Wildman–Crippen MR) is 73.7 cm³/mol. The summed E-state index contributed by atoms with van der Waals surface area (Å²) in [5, 5.41) is 7.81. The van der Waals surface area contributed by atoms with Crippen LogP contribution in [0.5, 0.6) is 0 Å². The molecule has 86 valence electrons. The van der Waals surface area contributed by atoms with Gasteiger partial charge in [-0.25, -0.2) is 0 Å². The van der Waals surface area contributed by atoms with Crippen LogP contribution in [0.1, 0.15) is 33.8 Å². The topological polar surface area (TPSA) is 12.0 Å². The molecule has 2 rings (SSSR count). The zero-order valence-electron chi connectivity index (χ0n) is 9.91. The highest BCUT2D eigenvalue weighted by Gasteiger charge is 2.18. The summed E-state index contributed by atoms with van der Waals surface area (Å²) in [5.41, 5.74) is 2.89. The number of nitrogens with one attached hydrogen (secondary N) is 1. The van der Waals surface area contributed by atoms with E-state index in [1.807, 2.05) is 29.7 Å². The van der Waals surface area contributed by atoms with Gasteiger partial charge in [0.05, 0.1) is 6.04 Å². The molecule has 0 aliphatic rings. The number of aryl methyl sites for hydroxylation is 2. The molecule has 0 aromatic carbocycles. The predicted octanol–water partition coefficient (Wildman–Crippen LogP) is 3.99. The average molecular weight is 251 g/mol. The molecular weight excluding hydrogens is 234 g/mol. The standard InChI is InChI=1S/C13H17NS2/c1-4-10-5-7-16-13(10)12(14-3)11-6-8-15-9(11)2/h5-8,12,14H,4H2,1-3H3. The lowest BCUT2D eigenvalue weighted by Gasteiger charge is -2.16. The van der Waals surface area contributed by atoms with Crippen LogP contribution in [-0.4, -0.2) is 7.05 Å². The van der Waals surface area contributed by atoms with Crippen molar-refractivity contribution >= 4 is 22.7 Å². The molecule has 1 nitrogen and oxygen atoms in total. The van der Waals surface area contributed by atoms with Crippen LogP contribution < -0.4 is 5.32 Å². The Morgan fingerprint density at radius 1 is 1.25 bits per heavy atom. The monoisotopic (exact) mass is 251 g/mol.